The van der Waals surface area contributed by atoms with E-state index in [9.17, 15) is 10.2 Å². The van der Waals surface area contributed by atoms with Gasteiger partial charge in [0.05, 0.1) is 0 Å². The Morgan fingerprint density at radius 2 is 1.00 bits per heavy atom. The zero-order valence-electron chi connectivity index (χ0n) is 11.6. The van der Waals surface area contributed by atoms with Crippen LogP contribution in [0, 0.1) is 27.7 Å². The molecule has 0 amide bonds. The maximum absolute atomic E-state index is 9.71. The number of rotatable bonds is 2. The van der Waals surface area contributed by atoms with E-state index in [1.165, 1.54) is 7.22 Å². The summed E-state index contributed by atoms with van der Waals surface area (Å²) < 4.78 is 2.68. The third-order valence-corrected chi connectivity index (χ3v) is 6.97. The molecule has 0 saturated heterocycles. The van der Waals surface area contributed by atoms with Crippen molar-refractivity contribution >= 4 is 28.1 Å². The molecule has 0 aliphatic rings. The molecule has 0 aromatic heterocycles. The molecule has 0 atom stereocenters. The number of benzene rings is 2. The topological polar surface area (TPSA) is 40.5 Å². The summed E-state index contributed by atoms with van der Waals surface area (Å²) in [7, 11) is 0. The fourth-order valence-corrected chi connectivity index (χ4v) is 5.16. The summed E-state index contributed by atoms with van der Waals surface area (Å²) in [5, 5.41) is 19.4. The van der Waals surface area contributed by atoms with E-state index in [1.54, 1.807) is 0 Å². The molecule has 0 aliphatic carbocycles. The normalized spacial score (nSPS) is 10.7. The SMILES string of the molecule is Cc1cc([Te]c2cc(C)c(O)cc2C)c(C)cc1O. The summed E-state index contributed by atoms with van der Waals surface area (Å²) >= 11 is -0.499. The van der Waals surface area contributed by atoms with Crippen LogP contribution in [0.3, 0.4) is 0 Å². The van der Waals surface area contributed by atoms with Crippen molar-refractivity contribution in [1.29, 1.82) is 0 Å². The third kappa shape index (κ3) is 3.05. The molecule has 0 bridgehead atoms. The van der Waals surface area contributed by atoms with Gasteiger partial charge >= 0.3 is 124 Å². The monoisotopic (exact) mass is 372 g/mol. The Bertz CT molecular complexity index is 578. The molecule has 100 valence electrons. The molecule has 2 rings (SSSR count). The molecule has 2 aromatic rings. The van der Waals surface area contributed by atoms with Crippen LogP contribution in [0.15, 0.2) is 24.3 Å². The Labute approximate surface area is 124 Å². The van der Waals surface area contributed by atoms with E-state index >= 15 is 0 Å². The number of hydrogen-bond acceptors (Lipinski definition) is 2. The number of phenols is 2. The first kappa shape index (κ1) is 14.2. The van der Waals surface area contributed by atoms with Gasteiger partial charge in [-0.3, -0.25) is 0 Å². The molecule has 2 nitrogen and oxygen atoms in total. The predicted octanol–water partition coefficient (Wildman–Crippen LogP) is 1.99. The number of aryl methyl sites for hydroxylation is 4. The first-order chi connectivity index (χ1) is 8.88. The summed E-state index contributed by atoms with van der Waals surface area (Å²) in [6.45, 7) is 7.95. The van der Waals surface area contributed by atoms with Gasteiger partial charge in [0.15, 0.2) is 0 Å². The van der Waals surface area contributed by atoms with Gasteiger partial charge in [0.2, 0.25) is 0 Å². The van der Waals surface area contributed by atoms with Gasteiger partial charge in [-0.1, -0.05) is 0 Å². The average Bonchev–Trinajstić information content (AvgIpc) is 2.32. The Balaban J connectivity index is 2.42. The van der Waals surface area contributed by atoms with Crippen molar-refractivity contribution in [3.05, 3.63) is 46.5 Å². The predicted molar refractivity (Wildman–Crippen MR) is 80.2 cm³/mol. The quantitative estimate of drug-likeness (QED) is 0.795. The summed E-state index contributed by atoms with van der Waals surface area (Å²) in [6.07, 6.45) is 0. The molecule has 0 saturated carbocycles. The molecule has 2 N–H and O–H groups in total. The Kier molecular flexibility index (Phi) is 4.08. The molecule has 19 heavy (non-hydrogen) atoms. The standard InChI is InChI=1S/C16H18O2Te/c1-9-7-15(11(3)5-13(9)17)19-16-8-10(2)14(18)6-12(16)4/h5-8,17-18H,1-4H3. The van der Waals surface area contributed by atoms with Crippen LogP contribution in [0.2, 0.25) is 0 Å². The van der Waals surface area contributed by atoms with Gasteiger partial charge in [-0.15, -0.1) is 0 Å². The molecule has 0 spiro atoms. The first-order valence-electron chi connectivity index (χ1n) is 6.16. The van der Waals surface area contributed by atoms with Gasteiger partial charge in [-0.05, 0) is 0 Å². The zero-order chi connectivity index (χ0) is 14.2. The van der Waals surface area contributed by atoms with Crippen molar-refractivity contribution in [2.45, 2.75) is 27.7 Å². The average molecular weight is 370 g/mol. The van der Waals surface area contributed by atoms with Crippen molar-refractivity contribution in [3.8, 4) is 11.5 Å². The summed E-state index contributed by atoms with van der Waals surface area (Å²) in [5.41, 5.74) is 4.16. The van der Waals surface area contributed by atoms with Crippen LogP contribution in [-0.4, -0.2) is 31.1 Å². The van der Waals surface area contributed by atoms with E-state index < -0.39 is 20.9 Å². The van der Waals surface area contributed by atoms with Crippen molar-refractivity contribution in [2.24, 2.45) is 0 Å². The molecular weight excluding hydrogens is 352 g/mol. The molecule has 0 heterocycles. The molecular formula is C16H18O2Te. The Morgan fingerprint density at radius 1 is 0.632 bits per heavy atom. The maximum atomic E-state index is 9.71. The van der Waals surface area contributed by atoms with E-state index in [-0.39, 0.29) is 0 Å². The van der Waals surface area contributed by atoms with Crippen molar-refractivity contribution in [2.75, 3.05) is 0 Å². The Morgan fingerprint density at radius 3 is 1.37 bits per heavy atom. The summed E-state index contributed by atoms with van der Waals surface area (Å²) in [6, 6.07) is 7.87. The third-order valence-electron chi connectivity index (χ3n) is 3.21. The second-order valence-electron chi connectivity index (χ2n) is 4.91. The molecule has 0 unspecified atom stereocenters. The van der Waals surface area contributed by atoms with Crippen LogP contribution in [0.5, 0.6) is 11.5 Å². The van der Waals surface area contributed by atoms with Gasteiger partial charge in [-0.2, -0.15) is 0 Å². The van der Waals surface area contributed by atoms with Gasteiger partial charge in [0, 0.05) is 0 Å². The van der Waals surface area contributed by atoms with E-state index in [1.807, 2.05) is 39.8 Å². The second-order valence-corrected chi connectivity index (χ2v) is 8.00. The van der Waals surface area contributed by atoms with Gasteiger partial charge in [0.1, 0.15) is 0 Å². The fourth-order valence-electron chi connectivity index (χ4n) is 1.89. The number of aromatic hydroxyl groups is 2. The van der Waals surface area contributed by atoms with Crippen LogP contribution in [0.4, 0.5) is 0 Å². The van der Waals surface area contributed by atoms with Crippen LogP contribution in [-0.2, 0) is 0 Å². The van der Waals surface area contributed by atoms with E-state index in [0.29, 0.717) is 11.5 Å². The van der Waals surface area contributed by atoms with E-state index in [0.717, 1.165) is 22.3 Å². The van der Waals surface area contributed by atoms with Gasteiger partial charge < -0.3 is 0 Å². The van der Waals surface area contributed by atoms with E-state index in [2.05, 4.69) is 12.1 Å². The number of phenolic OH excluding ortho intramolecular Hbond substituents is 2. The first-order valence-corrected chi connectivity index (χ1v) is 8.50. The fraction of sp³-hybridized carbons (Fsp3) is 0.250. The van der Waals surface area contributed by atoms with Crippen molar-refractivity contribution < 1.29 is 10.2 Å². The molecule has 0 aliphatic heterocycles. The molecule has 2 aromatic carbocycles. The van der Waals surface area contributed by atoms with Crippen LogP contribution >= 0.6 is 0 Å². The zero-order valence-corrected chi connectivity index (χ0v) is 13.9. The van der Waals surface area contributed by atoms with Crippen LogP contribution < -0.4 is 7.22 Å². The summed E-state index contributed by atoms with van der Waals surface area (Å²) in [5.74, 6) is 0.736. The molecule has 0 fully saturated rings. The van der Waals surface area contributed by atoms with Gasteiger partial charge in [-0.25, -0.2) is 0 Å². The van der Waals surface area contributed by atoms with Crippen molar-refractivity contribution in [1.82, 2.24) is 0 Å². The molecule has 0 radical (unpaired) electrons. The Hall–Kier alpha value is -1.17. The number of hydrogen-bond donors (Lipinski definition) is 2. The van der Waals surface area contributed by atoms with Crippen molar-refractivity contribution in [3.63, 3.8) is 0 Å². The second kappa shape index (κ2) is 5.45. The minimum atomic E-state index is -0.499. The molecule has 3 heteroatoms. The van der Waals surface area contributed by atoms with Crippen LogP contribution in [0.25, 0.3) is 0 Å². The minimum absolute atomic E-state index is 0.368. The van der Waals surface area contributed by atoms with Crippen LogP contribution in [0.1, 0.15) is 22.3 Å². The summed E-state index contributed by atoms with van der Waals surface area (Å²) in [4.78, 5) is 0. The van der Waals surface area contributed by atoms with Gasteiger partial charge in [0.25, 0.3) is 0 Å². The van der Waals surface area contributed by atoms with E-state index in [4.69, 9.17) is 0 Å².